The number of nitrogens with zero attached hydrogens (tertiary/aromatic N) is 3. The molecular formula is C30H25F2N3O3. The quantitative estimate of drug-likeness (QED) is 0.480. The van der Waals surface area contributed by atoms with Gasteiger partial charge in [-0.15, -0.1) is 0 Å². The van der Waals surface area contributed by atoms with Crippen LogP contribution in [-0.2, 0) is 16.1 Å². The summed E-state index contributed by atoms with van der Waals surface area (Å²) < 4.78 is 30.3. The monoisotopic (exact) mass is 513 g/mol. The van der Waals surface area contributed by atoms with Crippen LogP contribution in [0.1, 0.15) is 35.6 Å². The van der Waals surface area contributed by atoms with Crippen LogP contribution in [0.15, 0.2) is 66.7 Å². The number of carbonyl (C=O) groups is 3. The SMILES string of the molecule is Cc1ccc(CN2CCN3C(=O)N(c4c(F)cc(C#Cc5ccccc5)cc4F)C(=O)C[C@]3(C)C2=O)cc1. The summed E-state index contributed by atoms with van der Waals surface area (Å²) >= 11 is 0. The summed E-state index contributed by atoms with van der Waals surface area (Å²) in [6.45, 7) is 4.19. The van der Waals surface area contributed by atoms with Gasteiger partial charge in [-0.05, 0) is 43.7 Å². The van der Waals surface area contributed by atoms with Gasteiger partial charge in [0, 0.05) is 30.8 Å². The standard InChI is InChI=1S/C30H25F2N3O3/c1-20-8-10-22(11-9-20)19-33-14-15-34-29(38)35(26(36)18-30(34,2)28(33)37)27-24(31)16-23(17-25(27)32)13-12-21-6-4-3-5-7-21/h3-11,16-17H,14-15,18-19H2,1-2H3/t30-/m1/s1. The Hall–Kier alpha value is -4.51. The third-order valence-electron chi connectivity index (χ3n) is 6.96. The molecule has 0 radical (unpaired) electrons. The van der Waals surface area contributed by atoms with Crippen molar-refractivity contribution >= 4 is 23.5 Å². The van der Waals surface area contributed by atoms with E-state index in [1.807, 2.05) is 37.3 Å². The Morgan fingerprint density at radius 1 is 0.868 bits per heavy atom. The van der Waals surface area contributed by atoms with Crippen LogP contribution in [-0.4, -0.2) is 46.3 Å². The van der Waals surface area contributed by atoms with Crippen LogP contribution < -0.4 is 4.90 Å². The molecule has 0 unspecified atom stereocenters. The van der Waals surface area contributed by atoms with E-state index in [0.29, 0.717) is 17.0 Å². The van der Waals surface area contributed by atoms with Crippen LogP contribution in [0, 0.1) is 30.4 Å². The number of anilines is 1. The van der Waals surface area contributed by atoms with Gasteiger partial charge in [-0.1, -0.05) is 59.9 Å². The largest absolute Gasteiger partial charge is 0.335 e. The molecular weight excluding hydrogens is 488 g/mol. The van der Waals surface area contributed by atoms with Gasteiger partial charge in [0.15, 0.2) is 11.6 Å². The van der Waals surface area contributed by atoms with E-state index in [4.69, 9.17) is 0 Å². The van der Waals surface area contributed by atoms with E-state index >= 15 is 8.78 Å². The van der Waals surface area contributed by atoms with Crippen molar-refractivity contribution in [3.8, 4) is 11.8 Å². The zero-order chi connectivity index (χ0) is 27.0. The second kappa shape index (κ2) is 9.75. The second-order valence-electron chi connectivity index (χ2n) is 9.73. The minimum absolute atomic E-state index is 0.0641. The maximum atomic E-state index is 15.1. The highest BCUT2D eigenvalue weighted by molar-refractivity contribution is 6.19. The van der Waals surface area contributed by atoms with E-state index in [2.05, 4.69) is 11.8 Å². The first-order chi connectivity index (χ1) is 18.2. The summed E-state index contributed by atoms with van der Waals surface area (Å²) in [5, 5.41) is 0. The number of rotatable bonds is 3. The number of halogens is 2. The number of piperazine rings is 1. The van der Waals surface area contributed by atoms with Gasteiger partial charge in [-0.3, -0.25) is 9.59 Å². The van der Waals surface area contributed by atoms with Crippen LogP contribution in [0.5, 0.6) is 0 Å². The number of aryl methyl sites for hydroxylation is 1. The fourth-order valence-corrected chi connectivity index (χ4v) is 4.91. The van der Waals surface area contributed by atoms with E-state index in [1.54, 1.807) is 29.2 Å². The zero-order valence-corrected chi connectivity index (χ0v) is 21.0. The molecule has 2 fully saturated rings. The highest BCUT2D eigenvalue weighted by Crippen LogP contribution is 2.37. The summed E-state index contributed by atoms with van der Waals surface area (Å²) in [7, 11) is 0. The number of benzene rings is 3. The molecule has 0 aromatic heterocycles. The van der Waals surface area contributed by atoms with Crippen molar-refractivity contribution in [2.24, 2.45) is 0 Å². The Labute approximate surface area is 219 Å². The molecule has 2 heterocycles. The van der Waals surface area contributed by atoms with Gasteiger partial charge in [0.05, 0.1) is 6.42 Å². The van der Waals surface area contributed by atoms with E-state index in [-0.39, 0.29) is 24.6 Å². The Morgan fingerprint density at radius 2 is 1.50 bits per heavy atom. The minimum atomic E-state index is -1.44. The molecule has 8 heteroatoms. The topological polar surface area (TPSA) is 60.9 Å². The Balaban J connectivity index is 1.39. The van der Waals surface area contributed by atoms with Crippen molar-refractivity contribution in [2.45, 2.75) is 32.4 Å². The maximum absolute atomic E-state index is 15.1. The molecule has 4 amide bonds. The van der Waals surface area contributed by atoms with Gasteiger partial charge < -0.3 is 9.80 Å². The summed E-state index contributed by atoms with van der Waals surface area (Å²) in [5.41, 5.74) is 0.550. The van der Waals surface area contributed by atoms with E-state index in [1.165, 1.54) is 11.8 Å². The normalized spacial score (nSPS) is 19.3. The van der Waals surface area contributed by atoms with Gasteiger partial charge in [-0.25, -0.2) is 18.5 Å². The number of hydrogen-bond donors (Lipinski definition) is 0. The van der Waals surface area contributed by atoms with Crippen LogP contribution in [0.3, 0.4) is 0 Å². The lowest BCUT2D eigenvalue weighted by Gasteiger charge is -2.51. The van der Waals surface area contributed by atoms with Gasteiger partial charge >= 0.3 is 6.03 Å². The third kappa shape index (κ3) is 4.52. The average Bonchev–Trinajstić information content (AvgIpc) is 2.88. The van der Waals surface area contributed by atoms with Crippen molar-refractivity contribution in [1.82, 2.24) is 9.80 Å². The van der Waals surface area contributed by atoms with Crippen molar-refractivity contribution < 1.29 is 23.2 Å². The Kier molecular flexibility index (Phi) is 6.45. The second-order valence-corrected chi connectivity index (χ2v) is 9.73. The minimum Gasteiger partial charge on any atom is -0.335 e. The summed E-state index contributed by atoms with van der Waals surface area (Å²) in [6, 6.07) is 17.8. The third-order valence-corrected chi connectivity index (χ3v) is 6.96. The molecule has 192 valence electrons. The predicted molar refractivity (Wildman–Crippen MR) is 138 cm³/mol. The zero-order valence-electron chi connectivity index (χ0n) is 21.0. The highest BCUT2D eigenvalue weighted by Gasteiger charge is 2.55. The van der Waals surface area contributed by atoms with Crippen molar-refractivity contribution in [1.29, 1.82) is 0 Å². The summed E-state index contributed by atoms with van der Waals surface area (Å²) in [4.78, 5) is 43.4. The molecule has 0 spiro atoms. The molecule has 0 bridgehead atoms. The maximum Gasteiger partial charge on any atom is 0.332 e. The average molecular weight is 514 g/mol. The molecule has 1 atom stereocenters. The van der Waals surface area contributed by atoms with E-state index in [9.17, 15) is 14.4 Å². The summed E-state index contributed by atoms with van der Waals surface area (Å²) in [5.74, 6) is 2.13. The van der Waals surface area contributed by atoms with Crippen molar-refractivity contribution in [3.05, 3.63) is 101 Å². The Bertz CT molecular complexity index is 1470. The number of fused-ring (bicyclic) bond motifs is 1. The lowest BCUT2D eigenvalue weighted by atomic mass is 9.88. The summed E-state index contributed by atoms with van der Waals surface area (Å²) in [6.07, 6.45) is -0.392. The molecule has 3 aromatic carbocycles. The fourth-order valence-electron chi connectivity index (χ4n) is 4.91. The lowest BCUT2D eigenvalue weighted by molar-refractivity contribution is -0.152. The smallest absolute Gasteiger partial charge is 0.332 e. The van der Waals surface area contributed by atoms with Crippen molar-refractivity contribution in [2.75, 3.05) is 18.0 Å². The van der Waals surface area contributed by atoms with Crippen LogP contribution in [0.25, 0.3) is 0 Å². The molecule has 2 saturated heterocycles. The molecule has 0 saturated carbocycles. The highest BCUT2D eigenvalue weighted by atomic mass is 19.1. The molecule has 0 aliphatic carbocycles. The number of imide groups is 1. The molecule has 5 rings (SSSR count). The first kappa shape index (κ1) is 25.2. The first-order valence-corrected chi connectivity index (χ1v) is 12.2. The number of carbonyl (C=O) groups excluding carboxylic acids is 3. The van der Waals surface area contributed by atoms with Gasteiger partial charge in [0.25, 0.3) is 0 Å². The molecule has 3 aromatic rings. The number of hydrogen-bond acceptors (Lipinski definition) is 3. The van der Waals surface area contributed by atoms with Gasteiger partial charge in [0.1, 0.15) is 11.2 Å². The van der Waals surface area contributed by atoms with Crippen LogP contribution in [0.2, 0.25) is 0 Å². The van der Waals surface area contributed by atoms with Crippen LogP contribution >= 0.6 is 0 Å². The molecule has 0 N–H and O–H groups in total. The molecule has 38 heavy (non-hydrogen) atoms. The van der Waals surface area contributed by atoms with Crippen molar-refractivity contribution in [3.63, 3.8) is 0 Å². The number of amides is 4. The van der Waals surface area contributed by atoms with Gasteiger partial charge in [0.2, 0.25) is 11.8 Å². The fraction of sp³-hybridized carbons (Fsp3) is 0.233. The lowest BCUT2D eigenvalue weighted by Crippen LogP contribution is -2.72. The molecule has 6 nitrogen and oxygen atoms in total. The van der Waals surface area contributed by atoms with E-state index in [0.717, 1.165) is 23.3 Å². The Morgan fingerprint density at radius 3 is 2.16 bits per heavy atom. The van der Waals surface area contributed by atoms with E-state index < -0.39 is 41.2 Å². The number of urea groups is 1. The molecule has 2 aliphatic heterocycles. The predicted octanol–water partition coefficient (Wildman–Crippen LogP) is 4.63. The first-order valence-electron chi connectivity index (χ1n) is 12.2. The molecule has 2 aliphatic rings. The van der Waals surface area contributed by atoms with Crippen LogP contribution in [0.4, 0.5) is 19.3 Å². The van der Waals surface area contributed by atoms with Gasteiger partial charge in [-0.2, -0.15) is 0 Å².